The third-order valence-electron chi connectivity index (χ3n) is 4.27. The SMILES string of the molecule is Cc1ccc(-c2cc(C(=O)c3sc(NCC(C)C)c(C(N)=O)c3N)on2)cc1Cl. The molecule has 0 spiro atoms. The van der Waals surface area contributed by atoms with Gasteiger partial charge in [-0.05, 0) is 24.5 Å². The summed E-state index contributed by atoms with van der Waals surface area (Å²) in [6, 6.07) is 6.97. The van der Waals surface area contributed by atoms with Gasteiger partial charge in [-0.15, -0.1) is 11.3 Å². The number of amides is 1. The Bertz CT molecular complexity index is 1090. The molecule has 0 saturated carbocycles. The average molecular weight is 433 g/mol. The molecule has 2 aromatic heterocycles. The van der Waals surface area contributed by atoms with Gasteiger partial charge in [0.15, 0.2) is 0 Å². The van der Waals surface area contributed by atoms with E-state index >= 15 is 0 Å². The first-order valence-corrected chi connectivity index (χ1v) is 10.1. The predicted octanol–water partition coefficient (Wildman–Crippen LogP) is 4.34. The molecule has 0 aliphatic rings. The number of anilines is 2. The Morgan fingerprint density at radius 2 is 2.03 bits per heavy atom. The van der Waals surface area contributed by atoms with Crippen LogP contribution in [-0.4, -0.2) is 23.4 Å². The number of halogens is 1. The van der Waals surface area contributed by atoms with Crippen LogP contribution in [0.2, 0.25) is 5.02 Å². The highest BCUT2D eigenvalue weighted by Gasteiger charge is 2.27. The summed E-state index contributed by atoms with van der Waals surface area (Å²) in [7, 11) is 0. The van der Waals surface area contributed by atoms with Crippen molar-refractivity contribution in [2.75, 3.05) is 17.6 Å². The number of rotatable bonds is 7. The number of benzene rings is 1. The lowest BCUT2D eigenvalue weighted by Gasteiger charge is -2.07. The third kappa shape index (κ3) is 4.28. The van der Waals surface area contributed by atoms with Gasteiger partial charge >= 0.3 is 0 Å². The Morgan fingerprint density at radius 1 is 1.31 bits per heavy atom. The molecule has 2 heterocycles. The van der Waals surface area contributed by atoms with E-state index in [4.69, 9.17) is 27.6 Å². The van der Waals surface area contributed by atoms with Gasteiger partial charge in [-0.25, -0.2) is 0 Å². The van der Waals surface area contributed by atoms with Crippen LogP contribution in [-0.2, 0) is 0 Å². The normalized spacial score (nSPS) is 11.1. The Morgan fingerprint density at radius 3 is 2.66 bits per heavy atom. The Balaban J connectivity index is 1.94. The molecule has 1 aromatic carbocycles. The van der Waals surface area contributed by atoms with Crippen molar-refractivity contribution < 1.29 is 14.1 Å². The highest BCUT2D eigenvalue weighted by Crippen LogP contribution is 2.37. The fourth-order valence-electron chi connectivity index (χ4n) is 2.66. The number of hydrogen-bond donors (Lipinski definition) is 3. The fraction of sp³-hybridized carbons (Fsp3) is 0.250. The molecule has 29 heavy (non-hydrogen) atoms. The predicted molar refractivity (Wildman–Crippen MR) is 116 cm³/mol. The van der Waals surface area contributed by atoms with Crippen molar-refractivity contribution in [1.82, 2.24) is 5.16 Å². The van der Waals surface area contributed by atoms with Crippen LogP contribution in [0, 0.1) is 12.8 Å². The van der Waals surface area contributed by atoms with E-state index in [2.05, 4.69) is 10.5 Å². The van der Waals surface area contributed by atoms with Gasteiger partial charge in [0, 0.05) is 23.2 Å². The molecule has 3 aromatic rings. The largest absolute Gasteiger partial charge is 0.397 e. The topological polar surface area (TPSA) is 124 Å². The second kappa shape index (κ2) is 8.26. The maximum absolute atomic E-state index is 12.9. The summed E-state index contributed by atoms with van der Waals surface area (Å²) in [5.41, 5.74) is 13.8. The van der Waals surface area contributed by atoms with Crippen molar-refractivity contribution in [3.05, 3.63) is 51.1 Å². The number of aromatic nitrogens is 1. The van der Waals surface area contributed by atoms with E-state index in [1.165, 1.54) is 6.07 Å². The van der Waals surface area contributed by atoms with Crippen LogP contribution in [0.25, 0.3) is 11.3 Å². The molecule has 3 rings (SSSR count). The molecule has 152 valence electrons. The van der Waals surface area contributed by atoms with Crippen LogP contribution in [0.5, 0.6) is 0 Å². The Kier molecular flexibility index (Phi) is 5.95. The zero-order chi connectivity index (χ0) is 21.3. The van der Waals surface area contributed by atoms with Crippen LogP contribution in [0.1, 0.15) is 45.2 Å². The molecule has 1 amide bonds. The van der Waals surface area contributed by atoms with Crippen molar-refractivity contribution in [2.45, 2.75) is 20.8 Å². The summed E-state index contributed by atoms with van der Waals surface area (Å²) in [5, 5.41) is 8.15. The number of primary amides is 1. The fourth-order valence-corrected chi connectivity index (χ4v) is 3.92. The highest BCUT2D eigenvalue weighted by molar-refractivity contribution is 7.19. The summed E-state index contributed by atoms with van der Waals surface area (Å²) in [5.74, 6) is -0.825. The summed E-state index contributed by atoms with van der Waals surface area (Å²) < 4.78 is 5.24. The van der Waals surface area contributed by atoms with Gasteiger partial charge < -0.3 is 21.3 Å². The molecule has 0 unspecified atom stereocenters. The van der Waals surface area contributed by atoms with Crippen LogP contribution in [0.3, 0.4) is 0 Å². The first-order valence-electron chi connectivity index (χ1n) is 8.93. The maximum Gasteiger partial charge on any atom is 0.253 e. The number of nitrogens with one attached hydrogen (secondary N) is 1. The number of carbonyl (C=O) groups excluding carboxylic acids is 2. The van der Waals surface area contributed by atoms with E-state index in [0.29, 0.717) is 28.2 Å². The lowest BCUT2D eigenvalue weighted by molar-refractivity contribution is 0.1000. The van der Waals surface area contributed by atoms with E-state index < -0.39 is 11.7 Å². The second-order valence-electron chi connectivity index (χ2n) is 7.06. The van der Waals surface area contributed by atoms with Crippen LogP contribution < -0.4 is 16.8 Å². The van der Waals surface area contributed by atoms with E-state index in [-0.39, 0.29) is 21.9 Å². The minimum absolute atomic E-state index is 0.0103. The molecule has 0 aliphatic heterocycles. The van der Waals surface area contributed by atoms with Crippen molar-refractivity contribution in [3.63, 3.8) is 0 Å². The smallest absolute Gasteiger partial charge is 0.253 e. The second-order valence-corrected chi connectivity index (χ2v) is 8.49. The number of ketones is 1. The summed E-state index contributed by atoms with van der Waals surface area (Å²) in [6.45, 7) is 6.54. The number of thiophene rings is 1. The third-order valence-corrected chi connectivity index (χ3v) is 5.84. The molecule has 0 saturated heterocycles. The van der Waals surface area contributed by atoms with Gasteiger partial charge in [0.2, 0.25) is 11.5 Å². The first-order chi connectivity index (χ1) is 13.7. The number of nitrogens with zero attached hydrogens (tertiary/aromatic N) is 1. The van der Waals surface area contributed by atoms with Crippen molar-refractivity contribution >= 4 is 45.3 Å². The van der Waals surface area contributed by atoms with E-state index in [9.17, 15) is 9.59 Å². The molecule has 0 bridgehead atoms. The zero-order valence-electron chi connectivity index (χ0n) is 16.2. The van der Waals surface area contributed by atoms with E-state index in [0.717, 1.165) is 22.5 Å². The lowest BCUT2D eigenvalue weighted by Crippen LogP contribution is -2.16. The van der Waals surface area contributed by atoms with Crippen LogP contribution >= 0.6 is 22.9 Å². The Labute approximate surface area is 177 Å². The van der Waals surface area contributed by atoms with Crippen molar-refractivity contribution in [2.24, 2.45) is 11.7 Å². The van der Waals surface area contributed by atoms with Gasteiger partial charge in [0.25, 0.3) is 5.91 Å². The minimum Gasteiger partial charge on any atom is -0.397 e. The van der Waals surface area contributed by atoms with E-state index in [1.807, 2.05) is 32.9 Å². The van der Waals surface area contributed by atoms with Gasteiger partial charge in [-0.3, -0.25) is 9.59 Å². The monoisotopic (exact) mass is 432 g/mol. The number of hydrogen-bond acceptors (Lipinski definition) is 7. The average Bonchev–Trinajstić information content (AvgIpc) is 3.26. The van der Waals surface area contributed by atoms with E-state index in [1.54, 1.807) is 6.07 Å². The summed E-state index contributed by atoms with van der Waals surface area (Å²) >= 11 is 7.23. The standard InChI is InChI=1S/C20H21ClN4O3S/c1-9(2)8-24-20-15(19(23)27)16(22)18(29-20)17(26)14-7-13(25-28-14)11-5-4-10(3)12(21)6-11/h4-7,9,24H,8,22H2,1-3H3,(H2,23,27). The molecule has 0 fully saturated rings. The van der Waals surface area contributed by atoms with Crippen molar-refractivity contribution in [3.8, 4) is 11.3 Å². The quantitative estimate of drug-likeness (QED) is 0.477. The number of nitrogens with two attached hydrogens (primary N) is 2. The zero-order valence-corrected chi connectivity index (χ0v) is 17.8. The van der Waals surface area contributed by atoms with Crippen molar-refractivity contribution in [1.29, 1.82) is 0 Å². The molecule has 7 nitrogen and oxygen atoms in total. The number of aryl methyl sites for hydroxylation is 1. The van der Waals surface area contributed by atoms with Gasteiger partial charge in [-0.1, -0.05) is 42.7 Å². The van der Waals surface area contributed by atoms with Gasteiger partial charge in [0.05, 0.1) is 11.3 Å². The molecule has 0 radical (unpaired) electrons. The van der Waals surface area contributed by atoms with Gasteiger partial charge in [0.1, 0.15) is 15.6 Å². The van der Waals surface area contributed by atoms with Crippen LogP contribution in [0.4, 0.5) is 10.7 Å². The van der Waals surface area contributed by atoms with Crippen LogP contribution in [0.15, 0.2) is 28.8 Å². The molecular weight excluding hydrogens is 412 g/mol. The number of nitrogen functional groups attached to an aromatic ring is 1. The highest BCUT2D eigenvalue weighted by atomic mass is 35.5. The maximum atomic E-state index is 12.9. The number of carbonyl (C=O) groups is 2. The minimum atomic E-state index is -0.698. The lowest BCUT2D eigenvalue weighted by atomic mass is 10.1. The molecule has 5 N–H and O–H groups in total. The summed E-state index contributed by atoms with van der Waals surface area (Å²) in [6.07, 6.45) is 0. The molecule has 0 atom stereocenters. The molecule has 0 aliphatic carbocycles. The Hall–Kier alpha value is -2.84. The summed E-state index contributed by atoms with van der Waals surface area (Å²) in [4.78, 5) is 25.0. The molecule has 9 heteroatoms. The van der Waals surface area contributed by atoms with Gasteiger partial charge in [-0.2, -0.15) is 0 Å². The molecular formula is C20H21ClN4O3S. The first kappa shape index (κ1) is 20.9.